The summed E-state index contributed by atoms with van der Waals surface area (Å²) in [4.78, 5) is 13.6. The van der Waals surface area contributed by atoms with Gasteiger partial charge in [-0.05, 0) is 35.4 Å². The van der Waals surface area contributed by atoms with E-state index in [-0.39, 0.29) is 12.3 Å². The van der Waals surface area contributed by atoms with Crippen LogP contribution in [0, 0.1) is 0 Å². The quantitative estimate of drug-likeness (QED) is 0.832. The monoisotopic (exact) mass is 316 g/mol. The number of tetrazole rings is 1. The molecule has 1 aliphatic rings. The predicted octanol–water partition coefficient (Wildman–Crippen LogP) is 0.130. The molecular weight excluding hydrogens is 296 g/mol. The standard InChI is InChI=1S/C15H20N6O2/c1-16-13(22)10-15(23)8-5-9-20(11-15)14-17-18-19-21(14)12-6-3-2-4-7-12/h2-4,6-7,23H,5,8-11H2,1H3,(H,16,22). The molecule has 0 aliphatic carbocycles. The normalized spacial score (nSPS) is 21.2. The number of carbonyl (C=O) groups is 1. The van der Waals surface area contributed by atoms with Crippen LogP contribution >= 0.6 is 0 Å². The summed E-state index contributed by atoms with van der Waals surface area (Å²) >= 11 is 0. The molecule has 1 atom stereocenters. The van der Waals surface area contributed by atoms with Gasteiger partial charge in [0, 0.05) is 13.6 Å². The van der Waals surface area contributed by atoms with Gasteiger partial charge in [-0.1, -0.05) is 23.3 Å². The molecule has 2 N–H and O–H groups in total. The van der Waals surface area contributed by atoms with Gasteiger partial charge in [0.05, 0.1) is 24.3 Å². The van der Waals surface area contributed by atoms with Crippen molar-refractivity contribution in [1.82, 2.24) is 25.5 Å². The molecule has 2 aromatic rings. The number of para-hydroxylation sites is 1. The van der Waals surface area contributed by atoms with Crippen LogP contribution in [0.15, 0.2) is 30.3 Å². The molecule has 0 bridgehead atoms. The molecule has 0 radical (unpaired) electrons. The van der Waals surface area contributed by atoms with Crippen LogP contribution in [0.1, 0.15) is 19.3 Å². The van der Waals surface area contributed by atoms with Crippen molar-refractivity contribution in [2.24, 2.45) is 0 Å². The third-order valence-electron chi connectivity index (χ3n) is 4.06. The predicted molar refractivity (Wildman–Crippen MR) is 84.2 cm³/mol. The second-order valence-electron chi connectivity index (χ2n) is 5.83. The Morgan fingerprint density at radius 3 is 2.91 bits per heavy atom. The molecule has 122 valence electrons. The lowest BCUT2D eigenvalue weighted by Gasteiger charge is -2.38. The number of anilines is 1. The van der Waals surface area contributed by atoms with Gasteiger partial charge in [0.15, 0.2) is 0 Å². The van der Waals surface area contributed by atoms with Gasteiger partial charge in [0.2, 0.25) is 11.9 Å². The van der Waals surface area contributed by atoms with Crippen molar-refractivity contribution in [3.8, 4) is 5.69 Å². The van der Waals surface area contributed by atoms with Crippen LogP contribution in [0.4, 0.5) is 5.95 Å². The van der Waals surface area contributed by atoms with Crippen molar-refractivity contribution in [3.63, 3.8) is 0 Å². The highest BCUT2D eigenvalue weighted by Gasteiger charge is 2.36. The van der Waals surface area contributed by atoms with Crippen molar-refractivity contribution in [1.29, 1.82) is 0 Å². The summed E-state index contributed by atoms with van der Waals surface area (Å²) in [7, 11) is 1.57. The number of nitrogens with one attached hydrogen (secondary N) is 1. The van der Waals surface area contributed by atoms with E-state index in [1.54, 1.807) is 11.7 Å². The lowest BCUT2D eigenvalue weighted by Crippen LogP contribution is -2.51. The third-order valence-corrected chi connectivity index (χ3v) is 4.06. The summed E-state index contributed by atoms with van der Waals surface area (Å²) in [6.07, 6.45) is 1.44. The van der Waals surface area contributed by atoms with E-state index in [0.717, 1.165) is 18.7 Å². The minimum Gasteiger partial charge on any atom is -0.388 e. The number of β-amino-alcohol motifs (C(OH)–C–C–N with tert-alkyl or cyclic N) is 1. The first-order valence-corrected chi connectivity index (χ1v) is 7.63. The van der Waals surface area contributed by atoms with Crippen LogP contribution in [0.25, 0.3) is 5.69 Å². The number of aliphatic hydroxyl groups is 1. The zero-order valence-corrected chi connectivity index (χ0v) is 13.0. The molecule has 1 aromatic carbocycles. The lowest BCUT2D eigenvalue weighted by atomic mass is 9.89. The maximum atomic E-state index is 11.6. The van der Waals surface area contributed by atoms with Crippen LogP contribution in [0.5, 0.6) is 0 Å². The minimum absolute atomic E-state index is 0.0763. The molecule has 1 unspecified atom stereocenters. The number of amides is 1. The van der Waals surface area contributed by atoms with Gasteiger partial charge in [-0.25, -0.2) is 0 Å². The average Bonchev–Trinajstić information content (AvgIpc) is 3.05. The zero-order valence-electron chi connectivity index (χ0n) is 13.0. The fourth-order valence-electron chi connectivity index (χ4n) is 2.93. The van der Waals surface area contributed by atoms with Crippen LogP contribution in [0.2, 0.25) is 0 Å². The second-order valence-corrected chi connectivity index (χ2v) is 5.83. The van der Waals surface area contributed by atoms with E-state index >= 15 is 0 Å². The third kappa shape index (κ3) is 3.31. The van der Waals surface area contributed by atoms with Crippen LogP contribution in [0.3, 0.4) is 0 Å². The van der Waals surface area contributed by atoms with E-state index in [0.29, 0.717) is 18.9 Å². The van der Waals surface area contributed by atoms with Gasteiger partial charge in [-0.2, -0.15) is 4.68 Å². The fourth-order valence-corrected chi connectivity index (χ4v) is 2.93. The van der Waals surface area contributed by atoms with E-state index in [1.807, 2.05) is 35.2 Å². The zero-order chi connectivity index (χ0) is 16.3. The van der Waals surface area contributed by atoms with Crippen LogP contribution < -0.4 is 10.2 Å². The van der Waals surface area contributed by atoms with Gasteiger partial charge < -0.3 is 15.3 Å². The molecular formula is C15H20N6O2. The Hall–Kier alpha value is -2.48. The lowest BCUT2D eigenvalue weighted by molar-refractivity contribution is -0.125. The molecule has 1 saturated heterocycles. The SMILES string of the molecule is CNC(=O)CC1(O)CCCN(c2nnnn2-c2ccccc2)C1. The Kier molecular flexibility index (Phi) is 4.24. The first kappa shape index (κ1) is 15.4. The highest BCUT2D eigenvalue weighted by molar-refractivity contribution is 5.76. The van der Waals surface area contributed by atoms with Crippen LogP contribution in [-0.2, 0) is 4.79 Å². The number of hydrogen-bond acceptors (Lipinski definition) is 6. The maximum absolute atomic E-state index is 11.6. The first-order valence-electron chi connectivity index (χ1n) is 7.63. The number of benzene rings is 1. The minimum atomic E-state index is -1.06. The molecule has 1 fully saturated rings. The molecule has 1 aromatic heterocycles. The molecule has 1 aliphatic heterocycles. The van der Waals surface area contributed by atoms with Gasteiger partial charge in [-0.3, -0.25) is 4.79 Å². The van der Waals surface area contributed by atoms with Crippen molar-refractivity contribution in [3.05, 3.63) is 30.3 Å². The molecule has 1 amide bonds. The summed E-state index contributed by atoms with van der Waals surface area (Å²) in [5.41, 5.74) is -0.209. The van der Waals surface area contributed by atoms with E-state index in [9.17, 15) is 9.90 Å². The number of hydrogen-bond donors (Lipinski definition) is 2. The molecule has 8 nitrogen and oxygen atoms in total. The number of rotatable bonds is 4. The summed E-state index contributed by atoms with van der Waals surface area (Å²) in [5, 5.41) is 25.2. The molecule has 3 rings (SSSR count). The smallest absolute Gasteiger partial charge is 0.250 e. The van der Waals surface area contributed by atoms with E-state index in [1.165, 1.54) is 0 Å². The van der Waals surface area contributed by atoms with Crippen molar-refractivity contribution in [2.45, 2.75) is 24.9 Å². The summed E-state index contributed by atoms with van der Waals surface area (Å²) in [6, 6.07) is 9.59. The Morgan fingerprint density at radius 1 is 1.39 bits per heavy atom. The number of piperidine rings is 1. The highest BCUT2D eigenvalue weighted by Crippen LogP contribution is 2.28. The maximum Gasteiger partial charge on any atom is 0.250 e. The molecule has 2 heterocycles. The summed E-state index contributed by atoms with van der Waals surface area (Å²) in [5.74, 6) is 0.406. The number of carbonyl (C=O) groups excluding carboxylic acids is 1. The Balaban J connectivity index is 1.83. The van der Waals surface area contributed by atoms with E-state index < -0.39 is 5.60 Å². The van der Waals surface area contributed by atoms with Gasteiger partial charge in [0.25, 0.3) is 0 Å². The summed E-state index contributed by atoms with van der Waals surface area (Å²) < 4.78 is 1.64. The Labute approximate surface area is 134 Å². The number of aromatic nitrogens is 4. The van der Waals surface area contributed by atoms with Crippen LogP contribution in [-0.4, -0.2) is 57.0 Å². The first-order chi connectivity index (χ1) is 11.1. The Bertz CT molecular complexity index is 674. The fraction of sp³-hybridized carbons (Fsp3) is 0.467. The van der Waals surface area contributed by atoms with Crippen molar-refractivity contribution < 1.29 is 9.90 Å². The number of nitrogens with zero attached hydrogens (tertiary/aromatic N) is 5. The summed E-state index contributed by atoms with van der Waals surface area (Å²) in [6.45, 7) is 1.07. The molecule has 0 saturated carbocycles. The molecule has 8 heteroatoms. The van der Waals surface area contributed by atoms with Gasteiger partial charge >= 0.3 is 0 Å². The largest absolute Gasteiger partial charge is 0.388 e. The van der Waals surface area contributed by atoms with E-state index in [4.69, 9.17) is 0 Å². The second kappa shape index (κ2) is 6.33. The highest BCUT2D eigenvalue weighted by atomic mass is 16.3. The average molecular weight is 316 g/mol. The van der Waals surface area contributed by atoms with Crippen molar-refractivity contribution in [2.75, 3.05) is 25.0 Å². The van der Waals surface area contributed by atoms with Gasteiger partial charge in [0.1, 0.15) is 0 Å². The topological polar surface area (TPSA) is 96.2 Å². The van der Waals surface area contributed by atoms with E-state index in [2.05, 4.69) is 20.8 Å². The van der Waals surface area contributed by atoms with Crippen molar-refractivity contribution >= 4 is 11.9 Å². The Morgan fingerprint density at radius 2 is 2.17 bits per heavy atom. The van der Waals surface area contributed by atoms with Gasteiger partial charge in [-0.15, -0.1) is 0 Å². The molecule has 0 spiro atoms. The molecule has 23 heavy (non-hydrogen) atoms.